The monoisotopic (exact) mass is 490 g/mol. The largest absolute Gasteiger partial charge is 0.469 e. The number of carbonyl (C=O) groups is 2. The molecular formula is C32H42O4. The van der Waals surface area contributed by atoms with E-state index < -0.39 is 0 Å². The molecule has 2 fully saturated rings. The molecule has 4 rings (SSSR count). The summed E-state index contributed by atoms with van der Waals surface area (Å²) in [5.74, 6) is 1.61. The van der Waals surface area contributed by atoms with Gasteiger partial charge in [-0.25, -0.2) is 0 Å². The molecule has 0 unspecified atom stereocenters. The fourth-order valence-electron chi connectivity index (χ4n) is 6.06. The molecule has 0 aliphatic heterocycles. The fraction of sp³-hybridized carbons (Fsp3) is 0.562. The van der Waals surface area contributed by atoms with E-state index in [2.05, 4.69) is 31.2 Å². The van der Waals surface area contributed by atoms with Gasteiger partial charge in [0.15, 0.2) is 0 Å². The second kappa shape index (κ2) is 13.1. The second-order valence-corrected chi connectivity index (χ2v) is 10.9. The second-order valence-electron chi connectivity index (χ2n) is 10.9. The quantitative estimate of drug-likeness (QED) is 0.202. The van der Waals surface area contributed by atoms with Gasteiger partial charge in [0.2, 0.25) is 0 Å². The zero-order valence-corrected chi connectivity index (χ0v) is 22.0. The summed E-state index contributed by atoms with van der Waals surface area (Å²) in [4.78, 5) is 24.3. The summed E-state index contributed by atoms with van der Waals surface area (Å²) in [5, 5.41) is 0. The normalized spacial score (nSPS) is 24.2. The van der Waals surface area contributed by atoms with E-state index in [4.69, 9.17) is 9.47 Å². The van der Waals surface area contributed by atoms with Crippen LogP contribution in [-0.4, -0.2) is 19.0 Å². The lowest BCUT2D eigenvalue weighted by Gasteiger charge is -2.29. The molecule has 0 saturated heterocycles. The molecule has 4 nitrogen and oxygen atoms in total. The third-order valence-corrected chi connectivity index (χ3v) is 8.45. The summed E-state index contributed by atoms with van der Waals surface area (Å²) >= 11 is 0. The van der Waals surface area contributed by atoms with E-state index in [1.807, 2.05) is 24.3 Å². The van der Waals surface area contributed by atoms with E-state index in [1.54, 1.807) is 0 Å². The van der Waals surface area contributed by atoms with Crippen LogP contribution in [0, 0.1) is 17.8 Å². The van der Waals surface area contributed by atoms with E-state index >= 15 is 0 Å². The minimum absolute atomic E-state index is 0.0877. The molecule has 36 heavy (non-hydrogen) atoms. The molecule has 0 radical (unpaired) electrons. The highest BCUT2D eigenvalue weighted by atomic mass is 16.5. The first kappa shape index (κ1) is 26.4. The Morgan fingerprint density at radius 3 is 1.83 bits per heavy atom. The predicted octanol–water partition coefficient (Wildman–Crippen LogP) is 8.09. The van der Waals surface area contributed by atoms with Gasteiger partial charge >= 0.3 is 11.9 Å². The van der Waals surface area contributed by atoms with Crippen molar-refractivity contribution >= 4 is 11.9 Å². The van der Waals surface area contributed by atoms with Crippen LogP contribution in [0.3, 0.4) is 0 Å². The van der Waals surface area contributed by atoms with Crippen molar-refractivity contribution in [3.63, 3.8) is 0 Å². The summed E-state index contributed by atoms with van der Waals surface area (Å²) in [6, 6.07) is 16.8. The molecule has 0 amide bonds. The van der Waals surface area contributed by atoms with Crippen LogP contribution in [0.25, 0.3) is 11.1 Å². The standard InChI is InChI=1S/C32H42O4/c1-3-4-5-6-23-7-9-24(10-8-23)25-11-13-26(14-12-25)27-19-21-30(22-20-27)36-32(34)29-17-15-28(16-18-29)31(33)35-2/h11-14,19-24,28-29H,3-10,15-18H2,1-2H3. The lowest BCUT2D eigenvalue weighted by Crippen LogP contribution is -2.29. The Balaban J connectivity index is 1.26. The van der Waals surface area contributed by atoms with Crippen molar-refractivity contribution in [3.8, 4) is 16.9 Å². The summed E-state index contributed by atoms with van der Waals surface area (Å²) < 4.78 is 10.5. The summed E-state index contributed by atoms with van der Waals surface area (Å²) in [7, 11) is 1.42. The van der Waals surface area contributed by atoms with Crippen LogP contribution in [0.2, 0.25) is 0 Å². The molecular weight excluding hydrogens is 448 g/mol. The first-order valence-electron chi connectivity index (χ1n) is 14.1. The van der Waals surface area contributed by atoms with Gasteiger partial charge in [0.25, 0.3) is 0 Å². The Kier molecular flexibility index (Phi) is 9.60. The molecule has 2 aliphatic carbocycles. The van der Waals surface area contributed by atoms with Gasteiger partial charge in [-0.05, 0) is 92.0 Å². The minimum atomic E-state index is -0.199. The van der Waals surface area contributed by atoms with Crippen molar-refractivity contribution in [1.29, 1.82) is 0 Å². The van der Waals surface area contributed by atoms with Crippen molar-refractivity contribution in [3.05, 3.63) is 54.1 Å². The molecule has 2 aromatic rings. The van der Waals surface area contributed by atoms with Gasteiger partial charge in [0.05, 0.1) is 18.9 Å². The highest BCUT2D eigenvalue weighted by molar-refractivity contribution is 5.77. The van der Waals surface area contributed by atoms with Gasteiger partial charge in [-0.1, -0.05) is 69.0 Å². The molecule has 2 aromatic carbocycles. The smallest absolute Gasteiger partial charge is 0.314 e. The maximum atomic E-state index is 12.6. The van der Waals surface area contributed by atoms with Gasteiger partial charge < -0.3 is 9.47 Å². The Hall–Kier alpha value is -2.62. The molecule has 0 bridgehead atoms. The third-order valence-electron chi connectivity index (χ3n) is 8.45. The number of methoxy groups -OCH3 is 1. The third kappa shape index (κ3) is 6.99. The van der Waals surface area contributed by atoms with Crippen LogP contribution in [0.5, 0.6) is 5.75 Å². The molecule has 194 valence electrons. The zero-order valence-electron chi connectivity index (χ0n) is 22.0. The maximum Gasteiger partial charge on any atom is 0.314 e. The van der Waals surface area contributed by atoms with Crippen LogP contribution in [0.4, 0.5) is 0 Å². The lowest BCUT2D eigenvalue weighted by molar-refractivity contribution is -0.149. The first-order chi connectivity index (χ1) is 17.6. The van der Waals surface area contributed by atoms with Gasteiger partial charge in [-0.3, -0.25) is 9.59 Å². The van der Waals surface area contributed by atoms with Crippen LogP contribution in [-0.2, 0) is 14.3 Å². The van der Waals surface area contributed by atoms with Crippen molar-refractivity contribution in [2.45, 2.75) is 89.9 Å². The van der Waals surface area contributed by atoms with E-state index in [1.165, 1.54) is 69.6 Å². The average molecular weight is 491 g/mol. The fourth-order valence-corrected chi connectivity index (χ4v) is 6.06. The van der Waals surface area contributed by atoms with E-state index in [-0.39, 0.29) is 23.8 Å². The SMILES string of the molecule is CCCCCC1CCC(c2ccc(-c3ccc(OC(=O)C4CCC(C(=O)OC)CC4)cc3)cc2)CC1. The number of benzene rings is 2. The Morgan fingerprint density at radius 1 is 0.722 bits per heavy atom. The molecule has 2 saturated carbocycles. The van der Waals surface area contributed by atoms with Crippen molar-refractivity contribution in [2.24, 2.45) is 17.8 Å². The topological polar surface area (TPSA) is 52.6 Å². The Morgan fingerprint density at radius 2 is 1.28 bits per heavy atom. The van der Waals surface area contributed by atoms with E-state index in [9.17, 15) is 9.59 Å². The van der Waals surface area contributed by atoms with Gasteiger partial charge in [-0.15, -0.1) is 0 Å². The molecule has 0 spiro atoms. The van der Waals surface area contributed by atoms with Crippen molar-refractivity contribution in [1.82, 2.24) is 0 Å². The van der Waals surface area contributed by atoms with E-state index in [0.29, 0.717) is 37.4 Å². The molecule has 0 N–H and O–H groups in total. The number of ether oxygens (including phenoxy) is 2. The summed E-state index contributed by atoms with van der Waals surface area (Å²) in [6.45, 7) is 2.28. The summed E-state index contributed by atoms with van der Waals surface area (Å²) in [5.41, 5.74) is 3.78. The van der Waals surface area contributed by atoms with Crippen LogP contribution >= 0.6 is 0 Å². The van der Waals surface area contributed by atoms with E-state index in [0.717, 1.165) is 11.5 Å². The number of unbranched alkanes of at least 4 members (excludes halogenated alkanes) is 2. The number of hydrogen-bond donors (Lipinski definition) is 0. The Labute approximate surface area is 216 Å². The van der Waals surface area contributed by atoms with Gasteiger partial charge in [0, 0.05) is 0 Å². The van der Waals surface area contributed by atoms with Gasteiger partial charge in [-0.2, -0.15) is 0 Å². The lowest BCUT2D eigenvalue weighted by atomic mass is 9.77. The number of esters is 2. The molecule has 0 aromatic heterocycles. The highest BCUT2D eigenvalue weighted by Crippen LogP contribution is 2.38. The first-order valence-corrected chi connectivity index (χ1v) is 14.1. The highest BCUT2D eigenvalue weighted by Gasteiger charge is 2.31. The van der Waals surface area contributed by atoms with Crippen molar-refractivity contribution < 1.29 is 19.1 Å². The predicted molar refractivity (Wildman–Crippen MR) is 144 cm³/mol. The van der Waals surface area contributed by atoms with Crippen LogP contribution in [0.1, 0.15) is 95.5 Å². The maximum absolute atomic E-state index is 12.6. The zero-order chi connectivity index (χ0) is 25.3. The molecule has 0 heterocycles. The van der Waals surface area contributed by atoms with Crippen molar-refractivity contribution in [2.75, 3.05) is 7.11 Å². The molecule has 4 heteroatoms. The number of hydrogen-bond acceptors (Lipinski definition) is 4. The van der Waals surface area contributed by atoms with Gasteiger partial charge in [0.1, 0.15) is 5.75 Å². The summed E-state index contributed by atoms with van der Waals surface area (Å²) in [6.07, 6.45) is 13.6. The molecule has 0 atom stereocenters. The average Bonchev–Trinajstić information content (AvgIpc) is 2.94. The Bertz CT molecular complexity index is 962. The number of carbonyl (C=O) groups excluding carboxylic acids is 2. The number of rotatable bonds is 9. The van der Waals surface area contributed by atoms with Crippen LogP contribution < -0.4 is 4.74 Å². The minimum Gasteiger partial charge on any atom is -0.469 e. The molecule has 2 aliphatic rings. The van der Waals surface area contributed by atoms with Crippen LogP contribution in [0.15, 0.2) is 48.5 Å².